The van der Waals surface area contributed by atoms with Gasteiger partial charge in [-0.25, -0.2) is 0 Å². The second kappa shape index (κ2) is 6.53. The Hall–Kier alpha value is -2.03. The molecule has 0 aliphatic heterocycles. The molecule has 0 fully saturated rings. The zero-order chi connectivity index (χ0) is 12.7. The van der Waals surface area contributed by atoms with Gasteiger partial charge in [0, 0.05) is 6.54 Å². The van der Waals surface area contributed by atoms with Crippen molar-refractivity contribution in [2.24, 2.45) is 0 Å². The van der Waals surface area contributed by atoms with Gasteiger partial charge in [-0.1, -0.05) is 12.8 Å². The molecular formula is C11H16N4O2. The molecule has 0 bridgehead atoms. The van der Waals surface area contributed by atoms with Crippen molar-refractivity contribution in [3.63, 3.8) is 0 Å². The molecule has 0 spiro atoms. The van der Waals surface area contributed by atoms with Crippen LogP contribution in [0, 0.1) is 12.3 Å². The lowest BCUT2D eigenvalue weighted by molar-refractivity contribution is 0.249. The maximum atomic E-state index is 5.31. The lowest BCUT2D eigenvalue weighted by atomic mass is 10.4. The van der Waals surface area contributed by atoms with E-state index < -0.39 is 6.10 Å². The summed E-state index contributed by atoms with van der Waals surface area (Å²) in [7, 11) is 1.48. The Balaban J connectivity index is 2.85. The first-order valence-corrected chi connectivity index (χ1v) is 5.36. The van der Waals surface area contributed by atoms with Gasteiger partial charge in [0.15, 0.2) is 6.10 Å². The highest BCUT2D eigenvalue weighted by molar-refractivity contribution is 5.27. The zero-order valence-electron chi connectivity index (χ0n) is 10.2. The lowest BCUT2D eigenvalue weighted by Crippen LogP contribution is -2.13. The van der Waals surface area contributed by atoms with Crippen LogP contribution in [0.5, 0.6) is 12.0 Å². The van der Waals surface area contributed by atoms with Crippen LogP contribution in [-0.2, 0) is 0 Å². The molecule has 6 nitrogen and oxygen atoms in total. The molecule has 1 atom stereocenters. The van der Waals surface area contributed by atoms with Crippen LogP contribution < -0.4 is 14.8 Å². The number of rotatable bonds is 6. The summed E-state index contributed by atoms with van der Waals surface area (Å²) in [5.74, 6) is 2.84. The highest BCUT2D eigenvalue weighted by Gasteiger charge is 2.09. The first-order chi connectivity index (χ1) is 8.19. The Labute approximate surface area is 101 Å². The molecule has 1 unspecified atom stereocenters. The second-order valence-corrected chi connectivity index (χ2v) is 3.28. The summed E-state index contributed by atoms with van der Waals surface area (Å²) in [6, 6.07) is 0.346. The molecule has 1 rings (SSSR count). The molecule has 0 aromatic carbocycles. The van der Waals surface area contributed by atoms with Crippen LogP contribution in [0.15, 0.2) is 0 Å². The van der Waals surface area contributed by atoms with Gasteiger partial charge in [0.25, 0.3) is 0 Å². The Morgan fingerprint density at radius 1 is 1.35 bits per heavy atom. The molecule has 1 N–H and O–H groups in total. The average Bonchev–Trinajstić information content (AvgIpc) is 2.35. The van der Waals surface area contributed by atoms with Crippen molar-refractivity contribution in [3.05, 3.63) is 0 Å². The number of methoxy groups -OCH3 is 1. The third kappa shape index (κ3) is 4.15. The Bertz CT molecular complexity index is 403. The number of nitrogens with one attached hydrogen (secondary N) is 1. The van der Waals surface area contributed by atoms with E-state index in [2.05, 4.69) is 26.2 Å². The molecule has 92 valence electrons. The summed E-state index contributed by atoms with van der Waals surface area (Å²) in [6.07, 6.45) is 5.78. The van der Waals surface area contributed by atoms with Gasteiger partial charge in [0.1, 0.15) is 0 Å². The van der Waals surface area contributed by atoms with E-state index in [9.17, 15) is 0 Å². The van der Waals surface area contributed by atoms with Gasteiger partial charge in [-0.05, 0) is 13.3 Å². The number of ether oxygens (including phenoxy) is 2. The Morgan fingerprint density at radius 2 is 2.06 bits per heavy atom. The van der Waals surface area contributed by atoms with Gasteiger partial charge < -0.3 is 14.8 Å². The Morgan fingerprint density at radius 3 is 2.65 bits per heavy atom. The third-order valence-corrected chi connectivity index (χ3v) is 1.83. The van der Waals surface area contributed by atoms with Gasteiger partial charge >= 0.3 is 12.0 Å². The lowest BCUT2D eigenvalue weighted by Gasteiger charge is -2.09. The minimum Gasteiger partial charge on any atom is -0.467 e. The van der Waals surface area contributed by atoms with Crippen molar-refractivity contribution < 1.29 is 9.47 Å². The highest BCUT2D eigenvalue weighted by atomic mass is 16.5. The normalized spacial score (nSPS) is 11.4. The maximum Gasteiger partial charge on any atom is 0.325 e. The van der Waals surface area contributed by atoms with Gasteiger partial charge in [-0.15, -0.1) is 11.4 Å². The Kier molecular flexibility index (Phi) is 5.01. The van der Waals surface area contributed by atoms with Crippen LogP contribution in [-0.4, -0.2) is 34.7 Å². The summed E-state index contributed by atoms with van der Waals surface area (Å²) in [4.78, 5) is 12.1. The van der Waals surface area contributed by atoms with E-state index in [1.165, 1.54) is 7.11 Å². The summed E-state index contributed by atoms with van der Waals surface area (Å²) < 4.78 is 10.3. The third-order valence-electron chi connectivity index (χ3n) is 1.83. The minimum atomic E-state index is -0.402. The molecule has 0 aliphatic carbocycles. The van der Waals surface area contributed by atoms with E-state index in [0.29, 0.717) is 5.95 Å². The average molecular weight is 236 g/mol. The molecule has 1 heterocycles. The van der Waals surface area contributed by atoms with Crippen molar-refractivity contribution >= 4 is 5.95 Å². The molecule has 6 heteroatoms. The molecule has 17 heavy (non-hydrogen) atoms. The van der Waals surface area contributed by atoms with E-state index >= 15 is 0 Å². The molecule has 1 aromatic rings. The molecule has 0 saturated carbocycles. The second-order valence-electron chi connectivity index (χ2n) is 3.28. The standard InChI is InChI=1S/C11H16N4O2/c1-5-7-12-9-13-10(16-4)15-11(14-9)17-8(3)6-2/h2,8H,5,7H2,1,3-4H3,(H,12,13,14,15). The number of anilines is 1. The minimum absolute atomic E-state index is 0.154. The fraction of sp³-hybridized carbons (Fsp3) is 0.545. The zero-order valence-corrected chi connectivity index (χ0v) is 10.2. The predicted octanol–water partition coefficient (Wildman–Crippen LogP) is 1.10. The van der Waals surface area contributed by atoms with Gasteiger partial charge in [0.05, 0.1) is 7.11 Å². The fourth-order valence-electron chi connectivity index (χ4n) is 0.990. The largest absolute Gasteiger partial charge is 0.467 e. The molecule has 0 radical (unpaired) electrons. The topological polar surface area (TPSA) is 69.2 Å². The van der Waals surface area contributed by atoms with E-state index in [1.807, 2.05) is 6.92 Å². The van der Waals surface area contributed by atoms with Crippen LogP contribution >= 0.6 is 0 Å². The predicted molar refractivity (Wildman–Crippen MR) is 64.1 cm³/mol. The number of terminal acetylenes is 1. The summed E-state index contributed by atoms with van der Waals surface area (Å²) in [6.45, 7) is 4.54. The molecule has 0 aliphatic rings. The molecule has 1 aromatic heterocycles. The van der Waals surface area contributed by atoms with Gasteiger partial charge in [0.2, 0.25) is 5.95 Å². The van der Waals surface area contributed by atoms with Crippen LogP contribution in [0.25, 0.3) is 0 Å². The van der Waals surface area contributed by atoms with Crippen molar-refractivity contribution in [3.8, 4) is 24.4 Å². The van der Waals surface area contributed by atoms with E-state index in [1.54, 1.807) is 6.92 Å². The van der Waals surface area contributed by atoms with Crippen molar-refractivity contribution in [1.29, 1.82) is 0 Å². The van der Waals surface area contributed by atoms with E-state index in [0.717, 1.165) is 13.0 Å². The van der Waals surface area contributed by atoms with Crippen molar-refractivity contribution in [2.45, 2.75) is 26.4 Å². The fourth-order valence-corrected chi connectivity index (χ4v) is 0.990. The van der Waals surface area contributed by atoms with Gasteiger partial charge in [-0.2, -0.15) is 9.97 Å². The maximum absolute atomic E-state index is 5.31. The number of nitrogens with zero attached hydrogens (tertiary/aromatic N) is 3. The smallest absolute Gasteiger partial charge is 0.325 e. The van der Waals surface area contributed by atoms with Crippen LogP contribution in [0.2, 0.25) is 0 Å². The number of hydrogen-bond acceptors (Lipinski definition) is 6. The number of aromatic nitrogens is 3. The first-order valence-electron chi connectivity index (χ1n) is 5.36. The monoisotopic (exact) mass is 236 g/mol. The summed E-state index contributed by atoms with van der Waals surface area (Å²) in [5, 5.41) is 3.03. The quantitative estimate of drug-likeness (QED) is 0.746. The van der Waals surface area contributed by atoms with Crippen molar-refractivity contribution in [1.82, 2.24) is 15.0 Å². The molecular weight excluding hydrogens is 220 g/mol. The van der Waals surface area contributed by atoms with E-state index in [-0.39, 0.29) is 12.0 Å². The number of hydrogen-bond donors (Lipinski definition) is 1. The summed E-state index contributed by atoms with van der Waals surface area (Å²) >= 11 is 0. The van der Waals surface area contributed by atoms with Crippen molar-refractivity contribution in [2.75, 3.05) is 19.0 Å². The first kappa shape index (κ1) is 13.0. The van der Waals surface area contributed by atoms with Crippen LogP contribution in [0.3, 0.4) is 0 Å². The SMILES string of the molecule is C#CC(C)Oc1nc(NCCC)nc(OC)n1. The molecule has 0 saturated heterocycles. The highest BCUT2D eigenvalue weighted by Crippen LogP contribution is 2.13. The van der Waals surface area contributed by atoms with Gasteiger partial charge in [-0.3, -0.25) is 0 Å². The van der Waals surface area contributed by atoms with Crippen LogP contribution in [0.4, 0.5) is 5.95 Å². The van der Waals surface area contributed by atoms with Crippen LogP contribution in [0.1, 0.15) is 20.3 Å². The summed E-state index contributed by atoms with van der Waals surface area (Å²) in [5.41, 5.74) is 0. The van der Waals surface area contributed by atoms with E-state index in [4.69, 9.17) is 15.9 Å². The molecule has 0 amide bonds.